The lowest BCUT2D eigenvalue weighted by molar-refractivity contribution is -0.127. The highest BCUT2D eigenvalue weighted by atomic mass is 16.5. The van der Waals surface area contributed by atoms with Crippen molar-refractivity contribution < 1.29 is 18.7 Å². The van der Waals surface area contributed by atoms with E-state index >= 15 is 0 Å². The number of aromatic nitrogens is 2. The number of nitrogens with two attached hydrogens (primary N) is 1. The zero-order valence-electron chi connectivity index (χ0n) is 20.0. The first kappa shape index (κ1) is 24.4. The van der Waals surface area contributed by atoms with Crippen molar-refractivity contribution in [1.82, 2.24) is 20.3 Å². The number of hydrogen-bond donors (Lipinski definition) is 2. The Labute approximate surface area is 204 Å². The van der Waals surface area contributed by atoms with E-state index in [1.54, 1.807) is 49.9 Å². The van der Waals surface area contributed by atoms with Crippen LogP contribution in [0, 0.1) is 5.92 Å². The molecule has 3 N–H and O–H groups in total. The minimum Gasteiger partial charge on any atom is -0.484 e. The van der Waals surface area contributed by atoms with Crippen LogP contribution in [0.15, 0.2) is 59.4 Å². The van der Waals surface area contributed by atoms with Crippen LogP contribution in [0.3, 0.4) is 0 Å². The van der Waals surface area contributed by atoms with E-state index in [9.17, 15) is 9.59 Å². The molecule has 1 fully saturated rings. The van der Waals surface area contributed by atoms with Gasteiger partial charge in [-0.2, -0.15) is 0 Å². The summed E-state index contributed by atoms with van der Waals surface area (Å²) in [6.07, 6.45) is 9.80. The number of nitrogens with zero attached hydrogens (tertiary/aromatic N) is 3. The smallest absolute Gasteiger partial charge is 0.304 e. The molecule has 0 unspecified atom stereocenters. The number of rotatable bonds is 8. The number of likely N-dealkylation sites (N-methyl/N-ethyl adjacent to an activating group) is 1. The minimum atomic E-state index is -0.738. The lowest BCUT2D eigenvalue weighted by atomic mass is 9.83. The first-order valence-corrected chi connectivity index (χ1v) is 11.9. The van der Waals surface area contributed by atoms with Crippen molar-refractivity contribution in [3.63, 3.8) is 0 Å². The van der Waals surface area contributed by atoms with Crippen molar-refractivity contribution in [3.8, 4) is 17.2 Å². The van der Waals surface area contributed by atoms with Crippen molar-refractivity contribution in [3.05, 3.63) is 66.3 Å². The molecule has 184 valence electrons. The predicted molar refractivity (Wildman–Crippen MR) is 130 cm³/mol. The summed E-state index contributed by atoms with van der Waals surface area (Å²) in [6, 6.07) is 9.84. The minimum absolute atomic E-state index is 0.0239. The fourth-order valence-electron chi connectivity index (χ4n) is 4.51. The molecule has 2 atom stereocenters. The second-order valence-corrected chi connectivity index (χ2v) is 8.75. The molecule has 9 nitrogen and oxygen atoms in total. The average molecular weight is 478 g/mol. The van der Waals surface area contributed by atoms with Crippen molar-refractivity contribution in [1.29, 1.82) is 0 Å². The number of ether oxygens (including phenoxy) is 1. The molecule has 1 aliphatic rings. The maximum Gasteiger partial charge on any atom is 0.304 e. The number of amides is 2. The SMILES string of the molecule is CNC(=O)[C@H](C1CCCCC1)N(N)C(=O)c1ccc(-c2ccc(O[C@@H](C)c3ccncc3)cn2)o1. The highest BCUT2D eigenvalue weighted by Gasteiger charge is 2.36. The fraction of sp³-hybridized carbons (Fsp3) is 0.385. The van der Waals surface area contributed by atoms with Crippen molar-refractivity contribution in [2.45, 2.75) is 51.2 Å². The summed E-state index contributed by atoms with van der Waals surface area (Å²) in [7, 11) is 1.55. The van der Waals surface area contributed by atoms with Crippen LogP contribution in [-0.4, -0.2) is 39.9 Å². The molecule has 3 aromatic heterocycles. The van der Waals surface area contributed by atoms with Gasteiger partial charge < -0.3 is 14.5 Å². The Morgan fingerprint density at radius 3 is 2.51 bits per heavy atom. The van der Waals surface area contributed by atoms with Gasteiger partial charge in [-0.05, 0) is 67.6 Å². The Hall–Kier alpha value is -3.72. The van der Waals surface area contributed by atoms with Crippen molar-refractivity contribution in [2.24, 2.45) is 11.8 Å². The molecule has 2 amide bonds. The standard InChI is InChI=1S/C26H31N5O4/c1-17(18-12-14-29-15-13-18)34-20-8-9-21(30-16-20)22-10-11-23(35-22)26(33)31(27)24(25(32)28-2)19-6-4-3-5-7-19/h8-17,19,24H,3-7,27H2,1-2H3,(H,28,32)/t17-,24-/m0/s1. The molecule has 0 saturated heterocycles. The Morgan fingerprint density at radius 2 is 1.86 bits per heavy atom. The zero-order valence-corrected chi connectivity index (χ0v) is 20.0. The lowest BCUT2D eigenvalue weighted by Gasteiger charge is -2.34. The van der Waals surface area contributed by atoms with E-state index < -0.39 is 11.9 Å². The first-order chi connectivity index (χ1) is 17.0. The van der Waals surface area contributed by atoms with E-state index in [1.165, 1.54) is 0 Å². The van der Waals surface area contributed by atoms with Gasteiger partial charge >= 0.3 is 5.91 Å². The molecule has 0 radical (unpaired) electrons. The molecule has 35 heavy (non-hydrogen) atoms. The van der Waals surface area contributed by atoms with Crippen LogP contribution in [0.4, 0.5) is 0 Å². The van der Waals surface area contributed by atoms with Gasteiger partial charge in [0.25, 0.3) is 0 Å². The van der Waals surface area contributed by atoms with Crippen LogP contribution in [0.5, 0.6) is 5.75 Å². The maximum atomic E-state index is 13.1. The largest absolute Gasteiger partial charge is 0.484 e. The van der Waals surface area contributed by atoms with E-state index in [2.05, 4.69) is 15.3 Å². The number of carbonyl (C=O) groups is 2. The second kappa shape index (κ2) is 11.1. The number of carbonyl (C=O) groups excluding carboxylic acids is 2. The monoisotopic (exact) mass is 477 g/mol. The van der Waals surface area contributed by atoms with Gasteiger partial charge in [-0.3, -0.25) is 19.6 Å². The molecule has 9 heteroatoms. The van der Waals surface area contributed by atoms with Crippen molar-refractivity contribution in [2.75, 3.05) is 7.05 Å². The summed E-state index contributed by atoms with van der Waals surface area (Å²) in [4.78, 5) is 34.1. The highest BCUT2D eigenvalue weighted by Crippen LogP contribution is 2.30. The number of pyridine rings is 2. The van der Waals surface area contributed by atoms with Crippen LogP contribution in [0.25, 0.3) is 11.5 Å². The van der Waals surface area contributed by atoms with Crippen LogP contribution in [-0.2, 0) is 4.79 Å². The van der Waals surface area contributed by atoms with Gasteiger partial charge in [0.2, 0.25) is 5.91 Å². The third kappa shape index (κ3) is 5.68. The molecule has 0 spiro atoms. The Kier molecular flexibility index (Phi) is 7.77. The Balaban J connectivity index is 1.45. The molecule has 1 saturated carbocycles. The molecule has 3 heterocycles. The summed E-state index contributed by atoms with van der Waals surface area (Å²) in [6.45, 7) is 1.95. The molecule has 3 aromatic rings. The van der Waals surface area contributed by atoms with E-state index in [1.807, 2.05) is 19.1 Å². The number of furan rings is 1. The fourth-order valence-corrected chi connectivity index (χ4v) is 4.51. The summed E-state index contributed by atoms with van der Waals surface area (Å²) >= 11 is 0. The third-order valence-corrected chi connectivity index (χ3v) is 6.44. The zero-order chi connectivity index (χ0) is 24.8. The maximum absolute atomic E-state index is 13.1. The van der Waals surface area contributed by atoms with Gasteiger partial charge in [-0.15, -0.1) is 0 Å². The van der Waals surface area contributed by atoms with Gasteiger partial charge in [-0.1, -0.05) is 19.3 Å². The summed E-state index contributed by atoms with van der Waals surface area (Å²) in [5, 5.41) is 3.66. The van der Waals surface area contributed by atoms with Crippen LogP contribution >= 0.6 is 0 Å². The van der Waals surface area contributed by atoms with E-state index in [4.69, 9.17) is 15.0 Å². The van der Waals surface area contributed by atoms with E-state index in [-0.39, 0.29) is 23.7 Å². The molecule has 0 aromatic carbocycles. The predicted octanol–water partition coefficient (Wildman–Crippen LogP) is 3.89. The lowest BCUT2D eigenvalue weighted by Crippen LogP contribution is -2.56. The van der Waals surface area contributed by atoms with Gasteiger partial charge in [0.1, 0.15) is 23.6 Å². The number of hydrazine groups is 1. The Bertz CT molecular complexity index is 1130. The number of nitrogens with one attached hydrogen (secondary N) is 1. The van der Waals surface area contributed by atoms with E-state index in [0.29, 0.717) is 17.2 Å². The quantitative estimate of drug-likeness (QED) is 0.287. The molecule has 1 aliphatic carbocycles. The topological polar surface area (TPSA) is 124 Å². The van der Waals surface area contributed by atoms with Crippen molar-refractivity contribution >= 4 is 11.8 Å². The molecular formula is C26H31N5O4. The van der Waals surface area contributed by atoms with Gasteiger partial charge in [0.15, 0.2) is 11.5 Å². The van der Waals surface area contributed by atoms with E-state index in [0.717, 1.165) is 42.7 Å². The Morgan fingerprint density at radius 1 is 1.11 bits per heavy atom. The molecule has 0 aliphatic heterocycles. The van der Waals surface area contributed by atoms with Gasteiger partial charge in [0, 0.05) is 19.4 Å². The normalized spacial score (nSPS) is 15.7. The molecule has 4 rings (SSSR count). The molecular weight excluding hydrogens is 446 g/mol. The summed E-state index contributed by atoms with van der Waals surface area (Å²) in [5.41, 5.74) is 1.56. The summed E-state index contributed by atoms with van der Waals surface area (Å²) in [5.74, 6) is 6.49. The average Bonchev–Trinajstić information content (AvgIpc) is 3.40. The van der Waals surface area contributed by atoms with Crippen LogP contribution in [0.1, 0.15) is 61.3 Å². The second-order valence-electron chi connectivity index (χ2n) is 8.75. The number of hydrogen-bond acceptors (Lipinski definition) is 7. The summed E-state index contributed by atoms with van der Waals surface area (Å²) < 4.78 is 11.7. The third-order valence-electron chi connectivity index (χ3n) is 6.44. The van der Waals surface area contributed by atoms with Gasteiger partial charge in [0.05, 0.1) is 6.20 Å². The van der Waals surface area contributed by atoms with Crippen LogP contribution < -0.4 is 15.9 Å². The van der Waals surface area contributed by atoms with Gasteiger partial charge in [-0.25, -0.2) is 10.8 Å². The molecule has 0 bridgehead atoms. The van der Waals surface area contributed by atoms with Crippen LogP contribution in [0.2, 0.25) is 0 Å². The first-order valence-electron chi connectivity index (χ1n) is 11.9. The highest BCUT2D eigenvalue weighted by molar-refractivity contribution is 5.95.